The number of hydrogen-bond acceptors (Lipinski definition) is 1. The first-order valence-corrected chi connectivity index (χ1v) is 10.3. The SMILES string of the molecule is CCc1c(-c2ccc(C)c(C)c2)oc(-c2ccc(C)cc2)c1-c1ccc(C)cc1. The summed E-state index contributed by atoms with van der Waals surface area (Å²) in [6, 6.07) is 24.0. The molecule has 0 aliphatic heterocycles. The Balaban J connectivity index is 2.00. The third-order valence-electron chi connectivity index (χ3n) is 5.78. The molecule has 1 heterocycles. The van der Waals surface area contributed by atoms with Gasteiger partial charge in [0.2, 0.25) is 0 Å². The molecule has 0 atom stereocenters. The molecule has 0 spiro atoms. The lowest BCUT2D eigenvalue weighted by molar-refractivity contribution is 0.595. The number of aryl methyl sites for hydroxylation is 4. The Hall–Kier alpha value is -3.06. The van der Waals surface area contributed by atoms with Gasteiger partial charge < -0.3 is 4.42 Å². The molecular weight excluding hydrogens is 352 g/mol. The first kappa shape index (κ1) is 19.3. The van der Waals surface area contributed by atoms with E-state index in [1.807, 2.05) is 0 Å². The van der Waals surface area contributed by atoms with Crippen LogP contribution >= 0.6 is 0 Å². The Bertz CT molecular complexity index is 1140. The fraction of sp³-hybridized carbons (Fsp3) is 0.214. The van der Waals surface area contributed by atoms with E-state index >= 15 is 0 Å². The first-order valence-electron chi connectivity index (χ1n) is 10.3. The Morgan fingerprint density at radius 3 is 1.69 bits per heavy atom. The molecule has 1 nitrogen and oxygen atoms in total. The molecular formula is C28H28O. The third kappa shape index (κ3) is 3.65. The normalized spacial score (nSPS) is 11.1. The molecule has 3 aromatic carbocycles. The van der Waals surface area contributed by atoms with Crippen molar-refractivity contribution >= 4 is 0 Å². The highest BCUT2D eigenvalue weighted by Crippen LogP contribution is 2.43. The number of hydrogen-bond donors (Lipinski definition) is 0. The molecule has 1 aromatic heterocycles. The van der Waals surface area contributed by atoms with Crippen LogP contribution in [0.15, 0.2) is 71.1 Å². The van der Waals surface area contributed by atoms with E-state index in [0.717, 1.165) is 29.1 Å². The van der Waals surface area contributed by atoms with E-state index in [1.54, 1.807) is 0 Å². The van der Waals surface area contributed by atoms with Gasteiger partial charge in [0.05, 0.1) is 0 Å². The van der Waals surface area contributed by atoms with Crippen LogP contribution in [0.1, 0.15) is 34.7 Å². The molecule has 0 aliphatic rings. The summed E-state index contributed by atoms with van der Waals surface area (Å²) < 4.78 is 6.63. The maximum Gasteiger partial charge on any atom is 0.142 e. The summed E-state index contributed by atoms with van der Waals surface area (Å²) in [5, 5.41) is 0. The zero-order chi connectivity index (χ0) is 20.5. The number of furan rings is 1. The molecule has 0 saturated carbocycles. The number of rotatable bonds is 4. The quantitative estimate of drug-likeness (QED) is 0.349. The second-order valence-electron chi connectivity index (χ2n) is 8.00. The highest BCUT2D eigenvalue weighted by Gasteiger charge is 2.23. The van der Waals surface area contributed by atoms with Crippen LogP contribution in [-0.4, -0.2) is 0 Å². The van der Waals surface area contributed by atoms with Crippen LogP contribution < -0.4 is 0 Å². The van der Waals surface area contributed by atoms with E-state index in [0.29, 0.717) is 0 Å². The lowest BCUT2D eigenvalue weighted by Crippen LogP contribution is -1.89. The average Bonchev–Trinajstić information content (AvgIpc) is 3.11. The molecule has 0 fully saturated rings. The molecule has 0 radical (unpaired) electrons. The van der Waals surface area contributed by atoms with Crippen molar-refractivity contribution in [2.24, 2.45) is 0 Å². The van der Waals surface area contributed by atoms with Gasteiger partial charge in [-0.1, -0.05) is 78.7 Å². The van der Waals surface area contributed by atoms with Crippen molar-refractivity contribution in [3.8, 4) is 33.8 Å². The molecule has 29 heavy (non-hydrogen) atoms. The predicted molar refractivity (Wildman–Crippen MR) is 123 cm³/mol. The number of benzene rings is 3. The highest BCUT2D eigenvalue weighted by molar-refractivity contribution is 5.87. The van der Waals surface area contributed by atoms with Crippen LogP contribution in [0.3, 0.4) is 0 Å². The standard InChI is InChI=1S/C28H28O/c1-6-25-26(22-12-7-18(2)8-13-22)28(23-14-9-19(3)10-15-23)29-27(25)24-16-11-20(4)21(5)17-24/h7-17H,6H2,1-5H3. The van der Waals surface area contributed by atoms with Crippen LogP contribution in [0.4, 0.5) is 0 Å². The van der Waals surface area contributed by atoms with Crippen LogP contribution in [0.25, 0.3) is 33.8 Å². The first-order chi connectivity index (χ1) is 14.0. The largest absolute Gasteiger partial charge is 0.455 e. The lowest BCUT2D eigenvalue weighted by atomic mass is 9.93. The molecule has 146 valence electrons. The van der Waals surface area contributed by atoms with E-state index in [1.165, 1.54) is 38.9 Å². The van der Waals surface area contributed by atoms with Gasteiger partial charge in [-0.15, -0.1) is 0 Å². The molecule has 0 aliphatic carbocycles. The minimum Gasteiger partial charge on any atom is -0.455 e. The van der Waals surface area contributed by atoms with Crippen molar-refractivity contribution < 1.29 is 4.42 Å². The zero-order valence-electron chi connectivity index (χ0n) is 18.0. The summed E-state index contributed by atoms with van der Waals surface area (Å²) in [7, 11) is 0. The van der Waals surface area contributed by atoms with Crippen molar-refractivity contribution in [3.63, 3.8) is 0 Å². The van der Waals surface area contributed by atoms with E-state index in [4.69, 9.17) is 4.42 Å². The van der Waals surface area contributed by atoms with Crippen molar-refractivity contribution in [3.05, 3.63) is 94.5 Å². The van der Waals surface area contributed by atoms with E-state index in [9.17, 15) is 0 Å². The van der Waals surface area contributed by atoms with Crippen LogP contribution in [0.5, 0.6) is 0 Å². The van der Waals surface area contributed by atoms with Gasteiger partial charge in [0, 0.05) is 22.3 Å². The van der Waals surface area contributed by atoms with Crippen molar-refractivity contribution in [2.45, 2.75) is 41.0 Å². The monoisotopic (exact) mass is 380 g/mol. The second-order valence-corrected chi connectivity index (χ2v) is 8.00. The van der Waals surface area contributed by atoms with Gasteiger partial charge in [-0.3, -0.25) is 0 Å². The van der Waals surface area contributed by atoms with Gasteiger partial charge in [-0.05, 0) is 56.9 Å². The summed E-state index contributed by atoms with van der Waals surface area (Å²) in [6.07, 6.45) is 0.917. The van der Waals surface area contributed by atoms with E-state index in [-0.39, 0.29) is 0 Å². The van der Waals surface area contributed by atoms with Crippen LogP contribution in [0.2, 0.25) is 0 Å². The molecule has 0 N–H and O–H groups in total. The molecule has 0 bridgehead atoms. The molecule has 0 unspecified atom stereocenters. The Kier molecular flexibility index (Phi) is 5.15. The maximum absolute atomic E-state index is 6.63. The summed E-state index contributed by atoms with van der Waals surface area (Å²) in [5.41, 5.74) is 11.1. The van der Waals surface area contributed by atoms with Gasteiger partial charge in [-0.25, -0.2) is 0 Å². The molecule has 4 aromatic rings. The topological polar surface area (TPSA) is 13.1 Å². The summed E-state index contributed by atoms with van der Waals surface area (Å²) in [5.74, 6) is 1.95. The average molecular weight is 381 g/mol. The molecule has 1 heteroatoms. The third-order valence-corrected chi connectivity index (χ3v) is 5.78. The Labute approximate surface area is 174 Å². The van der Waals surface area contributed by atoms with E-state index in [2.05, 4.69) is 101 Å². The van der Waals surface area contributed by atoms with Gasteiger partial charge in [0.15, 0.2) is 0 Å². The minimum absolute atomic E-state index is 0.917. The molecule has 0 amide bonds. The van der Waals surface area contributed by atoms with Crippen molar-refractivity contribution in [1.29, 1.82) is 0 Å². The summed E-state index contributed by atoms with van der Waals surface area (Å²) >= 11 is 0. The van der Waals surface area contributed by atoms with Crippen LogP contribution in [-0.2, 0) is 6.42 Å². The summed E-state index contributed by atoms with van der Waals surface area (Å²) in [6.45, 7) is 10.8. The minimum atomic E-state index is 0.917. The van der Waals surface area contributed by atoms with Gasteiger partial charge in [0.25, 0.3) is 0 Å². The lowest BCUT2D eigenvalue weighted by Gasteiger charge is -2.07. The van der Waals surface area contributed by atoms with Gasteiger partial charge in [0.1, 0.15) is 11.5 Å². The Morgan fingerprint density at radius 1 is 0.586 bits per heavy atom. The fourth-order valence-corrected chi connectivity index (χ4v) is 3.85. The Morgan fingerprint density at radius 2 is 1.14 bits per heavy atom. The maximum atomic E-state index is 6.63. The molecule has 4 rings (SSSR count). The highest BCUT2D eigenvalue weighted by atomic mass is 16.3. The smallest absolute Gasteiger partial charge is 0.142 e. The van der Waals surface area contributed by atoms with Crippen molar-refractivity contribution in [2.75, 3.05) is 0 Å². The molecule has 0 saturated heterocycles. The van der Waals surface area contributed by atoms with E-state index < -0.39 is 0 Å². The van der Waals surface area contributed by atoms with Crippen LogP contribution in [0, 0.1) is 27.7 Å². The zero-order valence-corrected chi connectivity index (χ0v) is 18.0. The second kappa shape index (κ2) is 7.75. The van der Waals surface area contributed by atoms with Gasteiger partial charge in [-0.2, -0.15) is 0 Å². The van der Waals surface area contributed by atoms with Gasteiger partial charge >= 0.3 is 0 Å². The fourth-order valence-electron chi connectivity index (χ4n) is 3.85. The van der Waals surface area contributed by atoms with Crippen molar-refractivity contribution in [1.82, 2.24) is 0 Å². The predicted octanol–water partition coefficient (Wildman–Crippen LogP) is 8.08. The summed E-state index contributed by atoms with van der Waals surface area (Å²) in [4.78, 5) is 0.